The predicted octanol–water partition coefficient (Wildman–Crippen LogP) is 4.56. The molecule has 2 rings (SSSR count). The summed E-state index contributed by atoms with van der Waals surface area (Å²) in [5.41, 5.74) is 0.975. The molecule has 8 heteroatoms. The van der Waals surface area contributed by atoms with Gasteiger partial charge in [0.25, 0.3) is 11.6 Å². The van der Waals surface area contributed by atoms with E-state index in [1.165, 1.54) is 18.2 Å². The third-order valence-corrected chi connectivity index (χ3v) is 4.85. The number of amides is 1. The summed E-state index contributed by atoms with van der Waals surface area (Å²) in [6.07, 6.45) is 0. The normalized spacial score (nSPS) is 10.4. The van der Waals surface area contributed by atoms with Crippen LogP contribution in [0.1, 0.15) is 15.9 Å². The van der Waals surface area contributed by atoms with Crippen LogP contribution in [-0.2, 0) is 5.75 Å². The summed E-state index contributed by atoms with van der Waals surface area (Å²) in [5, 5.41) is 14.3. The van der Waals surface area contributed by atoms with Crippen molar-refractivity contribution < 1.29 is 9.72 Å². The molecule has 1 N–H and O–H groups in total. The van der Waals surface area contributed by atoms with Gasteiger partial charge in [0.2, 0.25) is 0 Å². The van der Waals surface area contributed by atoms with E-state index in [0.717, 1.165) is 16.3 Å². The zero-order valence-electron chi connectivity index (χ0n) is 12.5. The van der Waals surface area contributed by atoms with Gasteiger partial charge in [-0.25, -0.2) is 0 Å². The van der Waals surface area contributed by atoms with Gasteiger partial charge in [-0.05, 0) is 23.8 Å². The smallest absolute Gasteiger partial charge is 0.288 e. The highest BCUT2D eigenvalue weighted by Crippen LogP contribution is 2.25. The van der Waals surface area contributed by atoms with E-state index in [4.69, 9.17) is 23.2 Å². The lowest BCUT2D eigenvalue weighted by Gasteiger charge is -2.07. The summed E-state index contributed by atoms with van der Waals surface area (Å²) in [6, 6.07) is 11.6. The maximum Gasteiger partial charge on any atom is 0.288 e. The minimum Gasteiger partial charge on any atom is -0.351 e. The summed E-state index contributed by atoms with van der Waals surface area (Å²) in [5.74, 6) is 1.09. The van der Waals surface area contributed by atoms with Crippen LogP contribution in [0.5, 0.6) is 0 Å². The maximum absolute atomic E-state index is 12.0. The highest BCUT2D eigenvalue weighted by Gasteiger charge is 2.15. The van der Waals surface area contributed by atoms with Crippen LogP contribution in [0.25, 0.3) is 0 Å². The molecular weight excluding hydrogens is 371 g/mol. The number of halogens is 2. The second-order valence-electron chi connectivity index (χ2n) is 4.82. The van der Waals surface area contributed by atoms with Crippen molar-refractivity contribution in [2.24, 2.45) is 0 Å². The molecule has 0 aliphatic rings. The molecule has 0 radical (unpaired) electrons. The minimum atomic E-state index is -0.613. The lowest BCUT2D eigenvalue weighted by Crippen LogP contribution is -2.25. The van der Waals surface area contributed by atoms with Crippen LogP contribution in [0.2, 0.25) is 10.0 Å². The number of benzene rings is 2. The molecule has 0 heterocycles. The third-order valence-electron chi connectivity index (χ3n) is 3.15. The maximum atomic E-state index is 12.0. The molecule has 0 fully saturated rings. The first-order valence-corrected chi connectivity index (χ1v) is 8.93. The van der Waals surface area contributed by atoms with Crippen molar-refractivity contribution in [1.29, 1.82) is 0 Å². The molecule has 24 heavy (non-hydrogen) atoms. The van der Waals surface area contributed by atoms with Crippen molar-refractivity contribution in [2.45, 2.75) is 5.75 Å². The molecule has 0 saturated carbocycles. The van der Waals surface area contributed by atoms with Gasteiger partial charge in [0.1, 0.15) is 5.02 Å². The van der Waals surface area contributed by atoms with Crippen LogP contribution in [-0.4, -0.2) is 23.1 Å². The summed E-state index contributed by atoms with van der Waals surface area (Å²) < 4.78 is 0. The zero-order chi connectivity index (χ0) is 17.5. The van der Waals surface area contributed by atoms with Crippen molar-refractivity contribution >= 4 is 46.6 Å². The topological polar surface area (TPSA) is 72.2 Å². The number of hydrogen-bond acceptors (Lipinski definition) is 4. The second kappa shape index (κ2) is 8.92. The van der Waals surface area contributed by atoms with E-state index in [9.17, 15) is 14.9 Å². The van der Waals surface area contributed by atoms with E-state index in [1.54, 1.807) is 11.8 Å². The molecule has 2 aromatic carbocycles. The van der Waals surface area contributed by atoms with Crippen LogP contribution in [0.4, 0.5) is 5.69 Å². The van der Waals surface area contributed by atoms with Gasteiger partial charge in [-0.2, -0.15) is 11.8 Å². The molecule has 5 nitrogen and oxygen atoms in total. The Kier molecular flexibility index (Phi) is 6.90. The number of nitrogens with zero attached hydrogens (tertiary/aromatic N) is 1. The molecule has 0 aliphatic carbocycles. The number of hydrogen-bond donors (Lipinski definition) is 1. The quantitative estimate of drug-likeness (QED) is 0.431. The van der Waals surface area contributed by atoms with Crippen LogP contribution >= 0.6 is 35.0 Å². The average Bonchev–Trinajstić information content (AvgIpc) is 2.56. The molecule has 0 bridgehead atoms. The first-order chi connectivity index (χ1) is 11.5. The summed E-state index contributed by atoms with van der Waals surface area (Å²) >= 11 is 13.4. The molecule has 0 atom stereocenters. The molecule has 0 saturated heterocycles. The van der Waals surface area contributed by atoms with E-state index in [2.05, 4.69) is 5.32 Å². The Hall–Kier alpha value is -1.76. The number of carbonyl (C=O) groups excluding carboxylic acids is 1. The van der Waals surface area contributed by atoms with Gasteiger partial charge in [-0.1, -0.05) is 41.4 Å². The Morgan fingerprint density at radius 1 is 1.17 bits per heavy atom. The average molecular weight is 385 g/mol. The van der Waals surface area contributed by atoms with E-state index in [1.807, 2.05) is 24.3 Å². The molecule has 0 spiro atoms. The summed E-state index contributed by atoms with van der Waals surface area (Å²) in [7, 11) is 0. The zero-order valence-corrected chi connectivity index (χ0v) is 14.8. The number of nitro groups is 1. The number of carbonyl (C=O) groups is 1. The number of nitrogens with one attached hydrogen (secondary N) is 1. The highest BCUT2D eigenvalue weighted by molar-refractivity contribution is 7.98. The van der Waals surface area contributed by atoms with Crippen molar-refractivity contribution in [1.82, 2.24) is 5.32 Å². The van der Waals surface area contributed by atoms with Gasteiger partial charge in [-0.3, -0.25) is 14.9 Å². The fourth-order valence-corrected chi connectivity index (χ4v) is 3.26. The molecule has 126 valence electrons. The number of nitro benzene ring substituents is 1. The molecule has 0 aromatic heterocycles. The van der Waals surface area contributed by atoms with Crippen molar-refractivity contribution in [2.75, 3.05) is 12.3 Å². The second-order valence-corrected chi connectivity index (χ2v) is 6.74. The first-order valence-electron chi connectivity index (χ1n) is 7.02. The Balaban J connectivity index is 1.80. The number of rotatable bonds is 7. The van der Waals surface area contributed by atoms with Crippen LogP contribution in [0.3, 0.4) is 0 Å². The Labute approximate surface area is 153 Å². The molecular formula is C16H14Cl2N2O3S. The van der Waals surface area contributed by atoms with Gasteiger partial charge in [-0.15, -0.1) is 0 Å². The fourth-order valence-electron chi connectivity index (χ4n) is 1.93. The standard InChI is InChI=1S/C16H14Cl2N2O3S/c17-13-4-2-1-3-12(13)10-24-8-7-19-16(21)11-5-6-14(18)15(9-11)20(22)23/h1-6,9H,7-8,10H2,(H,19,21). The Morgan fingerprint density at radius 2 is 1.92 bits per heavy atom. The minimum absolute atomic E-state index is 0.00634. The first kappa shape index (κ1) is 18.6. The van der Waals surface area contributed by atoms with E-state index < -0.39 is 4.92 Å². The van der Waals surface area contributed by atoms with Crippen molar-refractivity contribution in [3.63, 3.8) is 0 Å². The van der Waals surface area contributed by atoms with Gasteiger partial charge < -0.3 is 5.32 Å². The SMILES string of the molecule is O=C(NCCSCc1ccccc1Cl)c1ccc(Cl)c([N+](=O)[O-])c1. The van der Waals surface area contributed by atoms with E-state index in [0.29, 0.717) is 12.3 Å². The van der Waals surface area contributed by atoms with Gasteiger partial charge in [0.05, 0.1) is 4.92 Å². The number of thioether (sulfide) groups is 1. The largest absolute Gasteiger partial charge is 0.351 e. The fraction of sp³-hybridized carbons (Fsp3) is 0.188. The molecule has 2 aromatic rings. The summed E-state index contributed by atoms with van der Waals surface area (Å²) in [6.45, 7) is 0.449. The van der Waals surface area contributed by atoms with Crippen LogP contribution in [0.15, 0.2) is 42.5 Å². The van der Waals surface area contributed by atoms with Crippen LogP contribution in [0, 0.1) is 10.1 Å². The molecule has 0 aliphatic heterocycles. The highest BCUT2D eigenvalue weighted by atomic mass is 35.5. The van der Waals surface area contributed by atoms with E-state index >= 15 is 0 Å². The lowest BCUT2D eigenvalue weighted by atomic mass is 10.2. The Morgan fingerprint density at radius 3 is 2.62 bits per heavy atom. The Bertz CT molecular complexity index is 756. The van der Waals surface area contributed by atoms with Gasteiger partial charge in [0.15, 0.2) is 0 Å². The monoisotopic (exact) mass is 384 g/mol. The summed E-state index contributed by atoms with van der Waals surface area (Å²) in [4.78, 5) is 22.2. The predicted molar refractivity (Wildman–Crippen MR) is 98.1 cm³/mol. The van der Waals surface area contributed by atoms with E-state index in [-0.39, 0.29) is 22.2 Å². The van der Waals surface area contributed by atoms with Gasteiger partial charge >= 0.3 is 0 Å². The van der Waals surface area contributed by atoms with Gasteiger partial charge in [0, 0.05) is 34.7 Å². The lowest BCUT2D eigenvalue weighted by molar-refractivity contribution is -0.384. The molecule has 0 unspecified atom stereocenters. The van der Waals surface area contributed by atoms with Crippen LogP contribution < -0.4 is 5.32 Å². The van der Waals surface area contributed by atoms with Crippen molar-refractivity contribution in [3.05, 3.63) is 73.8 Å². The third kappa shape index (κ3) is 5.12. The van der Waals surface area contributed by atoms with Crippen molar-refractivity contribution in [3.8, 4) is 0 Å². The molecule has 1 amide bonds.